The van der Waals surface area contributed by atoms with Crippen molar-refractivity contribution in [1.29, 1.82) is 0 Å². The second kappa shape index (κ2) is 9.29. The van der Waals surface area contributed by atoms with Gasteiger partial charge in [0.15, 0.2) is 11.0 Å². The SMILES string of the molecule is Cc1ccc(NC(=O)C(Sc2nnc(-c3ccoc3C)n2C)c2ccccc2)c([N+](=O)[O-])c1. The highest BCUT2D eigenvalue weighted by atomic mass is 32.2. The third kappa shape index (κ3) is 4.65. The van der Waals surface area contributed by atoms with Gasteiger partial charge in [-0.2, -0.15) is 0 Å². The van der Waals surface area contributed by atoms with E-state index in [-0.39, 0.29) is 11.4 Å². The number of benzene rings is 2. The van der Waals surface area contributed by atoms with Gasteiger partial charge in [-0.25, -0.2) is 0 Å². The average Bonchev–Trinajstić information content (AvgIpc) is 3.38. The van der Waals surface area contributed by atoms with E-state index in [1.54, 1.807) is 29.9 Å². The van der Waals surface area contributed by atoms with Gasteiger partial charge in [0, 0.05) is 13.1 Å². The summed E-state index contributed by atoms with van der Waals surface area (Å²) in [4.78, 5) is 24.3. The van der Waals surface area contributed by atoms with Crippen molar-refractivity contribution in [3.05, 3.63) is 87.9 Å². The van der Waals surface area contributed by atoms with E-state index >= 15 is 0 Å². The van der Waals surface area contributed by atoms with Crippen LogP contribution in [-0.2, 0) is 11.8 Å². The van der Waals surface area contributed by atoms with E-state index in [1.807, 2.05) is 50.4 Å². The van der Waals surface area contributed by atoms with Crippen LogP contribution < -0.4 is 5.32 Å². The van der Waals surface area contributed by atoms with Crippen molar-refractivity contribution in [2.45, 2.75) is 24.3 Å². The van der Waals surface area contributed by atoms with Crippen molar-refractivity contribution in [1.82, 2.24) is 14.8 Å². The highest BCUT2D eigenvalue weighted by molar-refractivity contribution is 8.00. The van der Waals surface area contributed by atoms with Crippen LogP contribution in [0.2, 0.25) is 0 Å². The Balaban J connectivity index is 1.67. The number of nitrogens with zero attached hydrogens (tertiary/aromatic N) is 4. The number of anilines is 1. The molecule has 0 fully saturated rings. The number of carbonyl (C=O) groups is 1. The third-order valence-corrected chi connectivity index (χ3v) is 6.39. The van der Waals surface area contributed by atoms with E-state index in [0.717, 1.165) is 16.7 Å². The number of rotatable bonds is 7. The summed E-state index contributed by atoms with van der Waals surface area (Å²) in [6.07, 6.45) is 1.58. The van der Waals surface area contributed by atoms with Crippen molar-refractivity contribution in [3.63, 3.8) is 0 Å². The lowest BCUT2D eigenvalue weighted by atomic mass is 10.1. The van der Waals surface area contributed by atoms with Crippen molar-refractivity contribution < 1.29 is 14.1 Å². The van der Waals surface area contributed by atoms with E-state index in [1.165, 1.54) is 17.8 Å². The Morgan fingerprint density at radius 3 is 2.58 bits per heavy atom. The van der Waals surface area contributed by atoms with Crippen LogP contribution in [0.25, 0.3) is 11.4 Å². The first-order chi connectivity index (χ1) is 15.8. The molecule has 0 aliphatic carbocycles. The van der Waals surface area contributed by atoms with Crippen molar-refractivity contribution >= 4 is 29.0 Å². The Labute approximate surface area is 194 Å². The summed E-state index contributed by atoms with van der Waals surface area (Å²) in [5.74, 6) is 0.929. The summed E-state index contributed by atoms with van der Waals surface area (Å²) in [5, 5.41) is 22.6. The Bertz CT molecular complexity index is 1320. The normalized spacial score (nSPS) is 11.8. The van der Waals surface area contributed by atoms with Crippen LogP contribution in [0.15, 0.2) is 70.4 Å². The first-order valence-electron chi connectivity index (χ1n) is 10.1. The number of aromatic nitrogens is 3. The largest absolute Gasteiger partial charge is 0.469 e. The van der Waals surface area contributed by atoms with Gasteiger partial charge in [-0.1, -0.05) is 48.2 Å². The Kier molecular flexibility index (Phi) is 6.27. The number of furan rings is 1. The maximum atomic E-state index is 13.4. The molecule has 2 heterocycles. The Hall–Kier alpha value is -3.92. The fourth-order valence-electron chi connectivity index (χ4n) is 3.37. The number of nitro groups is 1. The molecule has 0 bridgehead atoms. The molecule has 168 valence electrons. The second-order valence-corrected chi connectivity index (χ2v) is 8.50. The third-order valence-electron chi connectivity index (χ3n) is 5.11. The van der Waals surface area contributed by atoms with Crippen LogP contribution in [0.1, 0.15) is 22.1 Å². The molecule has 1 unspecified atom stereocenters. The van der Waals surface area contributed by atoms with Gasteiger partial charge >= 0.3 is 0 Å². The monoisotopic (exact) mass is 463 g/mol. The number of carbonyl (C=O) groups excluding carboxylic acids is 1. The van der Waals surface area contributed by atoms with Crippen LogP contribution in [0, 0.1) is 24.0 Å². The molecule has 0 aliphatic rings. The summed E-state index contributed by atoms with van der Waals surface area (Å²) >= 11 is 1.21. The lowest BCUT2D eigenvalue weighted by Gasteiger charge is -2.17. The molecule has 4 aromatic rings. The summed E-state index contributed by atoms with van der Waals surface area (Å²) < 4.78 is 7.16. The van der Waals surface area contributed by atoms with Crippen LogP contribution in [0.3, 0.4) is 0 Å². The van der Waals surface area contributed by atoms with Crippen LogP contribution in [0.4, 0.5) is 11.4 Å². The summed E-state index contributed by atoms with van der Waals surface area (Å²) in [6.45, 7) is 3.60. The zero-order valence-corrected chi connectivity index (χ0v) is 19.0. The minimum Gasteiger partial charge on any atom is -0.469 e. The van der Waals surface area contributed by atoms with Gasteiger partial charge in [0.05, 0.1) is 16.7 Å². The number of nitrogens with one attached hydrogen (secondary N) is 1. The number of nitro benzene ring substituents is 1. The van der Waals surface area contributed by atoms with Gasteiger partial charge in [-0.05, 0) is 37.1 Å². The van der Waals surface area contributed by atoms with Gasteiger partial charge in [-0.15, -0.1) is 10.2 Å². The highest BCUT2D eigenvalue weighted by Crippen LogP contribution is 2.37. The predicted molar refractivity (Wildman–Crippen MR) is 125 cm³/mol. The molecule has 10 heteroatoms. The van der Waals surface area contributed by atoms with Crippen molar-refractivity contribution in [2.75, 3.05) is 5.32 Å². The fourth-order valence-corrected chi connectivity index (χ4v) is 4.37. The fraction of sp³-hybridized carbons (Fsp3) is 0.174. The van der Waals surface area contributed by atoms with Gasteiger partial charge in [0.2, 0.25) is 5.91 Å². The molecule has 0 saturated heterocycles. The molecule has 0 aliphatic heterocycles. The van der Waals surface area contributed by atoms with Crippen molar-refractivity contribution in [2.24, 2.45) is 7.05 Å². The summed E-state index contributed by atoms with van der Waals surface area (Å²) in [5.41, 5.74) is 2.27. The standard InChI is InChI=1S/C23H21N5O4S/c1-14-9-10-18(19(13-14)28(30)31)24-22(29)20(16-7-5-4-6-8-16)33-23-26-25-21(27(23)3)17-11-12-32-15(17)2/h4-13,20H,1-3H3,(H,24,29). The molecule has 0 spiro atoms. The Morgan fingerprint density at radius 1 is 1.15 bits per heavy atom. The topological polar surface area (TPSA) is 116 Å². The minimum absolute atomic E-state index is 0.143. The quantitative estimate of drug-likeness (QED) is 0.231. The lowest BCUT2D eigenvalue weighted by molar-refractivity contribution is -0.384. The maximum Gasteiger partial charge on any atom is 0.293 e. The predicted octanol–water partition coefficient (Wildman–Crippen LogP) is 5.07. The molecule has 9 nitrogen and oxygen atoms in total. The number of amides is 1. The molecule has 1 atom stereocenters. The molecular weight excluding hydrogens is 442 g/mol. The second-order valence-electron chi connectivity index (χ2n) is 7.43. The van der Waals surface area contributed by atoms with Gasteiger partial charge in [-0.3, -0.25) is 14.9 Å². The van der Waals surface area contributed by atoms with Crippen LogP contribution in [0.5, 0.6) is 0 Å². The van der Waals surface area contributed by atoms with E-state index in [2.05, 4.69) is 15.5 Å². The van der Waals surface area contributed by atoms with Crippen LogP contribution >= 0.6 is 11.8 Å². The zero-order chi connectivity index (χ0) is 23.5. The molecule has 4 rings (SSSR count). The molecule has 0 saturated carbocycles. The molecule has 1 amide bonds. The highest BCUT2D eigenvalue weighted by Gasteiger charge is 2.27. The Morgan fingerprint density at radius 2 is 1.91 bits per heavy atom. The molecular formula is C23H21N5O4S. The lowest BCUT2D eigenvalue weighted by Crippen LogP contribution is -2.20. The molecule has 2 aromatic carbocycles. The number of hydrogen-bond donors (Lipinski definition) is 1. The zero-order valence-electron chi connectivity index (χ0n) is 18.2. The number of aryl methyl sites for hydroxylation is 2. The van der Waals surface area contributed by atoms with E-state index < -0.39 is 16.1 Å². The van der Waals surface area contributed by atoms with Crippen LogP contribution in [-0.4, -0.2) is 25.6 Å². The molecule has 33 heavy (non-hydrogen) atoms. The number of thioether (sulfide) groups is 1. The first-order valence-corrected chi connectivity index (χ1v) is 10.9. The summed E-state index contributed by atoms with van der Waals surface area (Å²) in [7, 11) is 1.81. The van der Waals surface area contributed by atoms with E-state index in [4.69, 9.17) is 4.42 Å². The smallest absolute Gasteiger partial charge is 0.293 e. The van der Waals surface area contributed by atoms with Gasteiger partial charge < -0.3 is 14.3 Å². The maximum absolute atomic E-state index is 13.4. The minimum atomic E-state index is -0.715. The number of hydrogen-bond acceptors (Lipinski definition) is 7. The molecule has 2 aromatic heterocycles. The molecule has 1 N–H and O–H groups in total. The van der Waals surface area contributed by atoms with Gasteiger partial charge in [0.1, 0.15) is 16.7 Å². The first kappa shape index (κ1) is 22.3. The summed E-state index contributed by atoms with van der Waals surface area (Å²) in [6, 6.07) is 15.7. The molecule has 0 radical (unpaired) electrons. The van der Waals surface area contributed by atoms with Gasteiger partial charge in [0.25, 0.3) is 5.69 Å². The van der Waals surface area contributed by atoms with E-state index in [9.17, 15) is 14.9 Å². The van der Waals surface area contributed by atoms with E-state index in [0.29, 0.717) is 16.7 Å². The average molecular weight is 464 g/mol. The van der Waals surface area contributed by atoms with Crippen molar-refractivity contribution in [3.8, 4) is 11.4 Å².